The van der Waals surface area contributed by atoms with Crippen LogP contribution in [0.15, 0.2) is 24.3 Å². The molecule has 0 saturated carbocycles. The van der Waals surface area contributed by atoms with E-state index in [1.807, 2.05) is 32.9 Å². The normalized spacial score (nSPS) is 12.3. The number of aromatic nitrogens is 2. The minimum atomic E-state index is -3.15. The zero-order valence-corrected chi connectivity index (χ0v) is 16.9. The summed E-state index contributed by atoms with van der Waals surface area (Å²) < 4.78 is 24.1. The maximum absolute atomic E-state index is 12.1. The summed E-state index contributed by atoms with van der Waals surface area (Å²) in [5.74, 6) is -0.192. The van der Waals surface area contributed by atoms with Crippen LogP contribution in [0.1, 0.15) is 23.2 Å². The number of benzene rings is 1. The number of nitrogens with two attached hydrogens (primary N) is 1. The van der Waals surface area contributed by atoms with Gasteiger partial charge in [-0.05, 0) is 50.5 Å². The van der Waals surface area contributed by atoms with E-state index in [0.29, 0.717) is 5.82 Å². The van der Waals surface area contributed by atoms with Crippen molar-refractivity contribution in [2.24, 2.45) is 5.73 Å². The van der Waals surface area contributed by atoms with Crippen molar-refractivity contribution in [1.82, 2.24) is 9.78 Å². The molecule has 9 heteroatoms. The Morgan fingerprint density at radius 1 is 1.19 bits per heavy atom. The Balaban J connectivity index is 0.00000338. The van der Waals surface area contributed by atoms with Crippen LogP contribution < -0.4 is 11.1 Å². The van der Waals surface area contributed by atoms with Gasteiger partial charge in [0.2, 0.25) is 5.91 Å². The van der Waals surface area contributed by atoms with E-state index in [-0.39, 0.29) is 24.6 Å². The zero-order valence-electron chi connectivity index (χ0n) is 15.3. The highest BCUT2D eigenvalue weighted by molar-refractivity contribution is 7.90. The Kier molecular flexibility index (Phi) is 7.37. The number of carbonyl (C=O) groups excluding carboxylic acids is 1. The van der Waals surface area contributed by atoms with Crippen LogP contribution in [0.2, 0.25) is 0 Å². The Morgan fingerprint density at radius 3 is 2.31 bits per heavy atom. The Hall–Kier alpha value is -1.90. The second kappa shape index (κ2) is 8.66. The van der Waals surface area contributed by atoms with E-state index < -0.39 is 21.8 Å². The molecule has 1 unspecified atom stereocenters. The molecule has 144 valence electrons. The van der Waals surface area contributed by atoms with Crippen molar-refractivity contribution in [3.63, 3.8) is 0 Å². The van der Waals surface area contributed by atoms with Gasteiger partial charge in [-0.1, -0.05) is 6.07 Å². The lowest BCUT2D eigenvalue weighted by Gasteiger charge is -2.10. The molecule has 26 heavy (non-hydrogen) atoms. The molecule has 0 spiro atoms. The van der Waals surface area contributed by atoms with Crippen molar-refractivity contribution >= 4 is 34.0 Å². The van der Waals surface area contributed by atoms with Gasteiger partial charge < -0.3 is 11.1 Å². The van der Waals surface area contributed by atoms with Crippen LogP contribution in [0.25, 0.3) is 5.69 Å². The third kappa shape index (κ3) is 6.12. The highest BCUT2D eigenvalue weighted by Gasteiger charge is 2.18. The molecule has 1 heterocycles. The van der Waals surface area contributed by atoms with Crippen LogP contribution in [0.3, 0.4) is 0 Å². The van der Waals surface area contributed by atoms with Gasteiger partial charge >= 0.3 is 0 Å². The van der Waals surface area contributed by atoms with E-state index in [0.717, 1.165) is 28.8 Å². The number of rotatable bonds is 6. The molecule has 1 aromatic heterocycles. The van der Waals surface area contributed by atoms with Crippen LogP contribution in [0, 0.1) is 20.8 Å². The van der Waals surface area contributed by atoms with Gasteiger partial charge in [0, 0.05) is 18.0 Å². The maximum atomic E-state index is 12.1. The minimum absolute atomic E-state index is 0. The van der Waals surface area contributed by atoms with Gasteiger partial charge in [0.15, 0.2) is 5.82 Å². The Bertz CT molecular complexity index is 873. The van der Waals surface area contributed by atoms with E-state index in [1.54, 1.807) is 10.7 Å². The maximum Gasteiger partial charge on any atom is 0.242 e. The number of aryl methyl sites for hydroxylation is 3. The van der Waals surface area contributed by atoms with Crippen molar-refractivity contribution in [2.75, 3.05) is 17.3 Å². The Morgan fingerprint density at radius 2 is 1.77 bits per heavy atom. The highest BCUT2D eigenvalue weighted by atomic mass is 35.5. The molecule has 0 aliphatic rings. The average molecular weight is 401 g/mol. The van der Waals surface area contributed by atoms with Gasteiger partial charge in [0.25, 0.3) is 0 Å². The number of sulfone groups is 1. The first-order valence-electron chi connectivity index (χ1n) is 7.94. The molecule has 3 N–H and O–H groups in total. The first-order valence-corrected chi connectivity index (χ1v) is 10.0. The van der Waals surface area contributed by atoms with E-state index in [9.17, 15) is 13.2 Å². The molecule has 0 aliphatic heterocycles. The van der Waals surface area contributed by atoms with E-state index >= 15 is 0 Å². The number of hydrogen-bond acceptors (Lipinski definition) is 5. The molecule has 0 bridgehead atoms. The molecule has 1 atom stereocenters. The summed E-state index contributed by atoms with van der Waals surface area (Å²) in [6.45, 7) is 5.92. The summed E-state index contributed by atoms with van der Waals surface area (Å²) in [7, 11) is -3.15. The Labute approximate surface area is 160 Å². The predicted octanol–water partition coefficient (Wildman–Crippen LogP) is 1.92. The smallest absolute Gasteiger partial charge is 0.242 e. The van der Waals surface area contributed by atoms with Crippen LogP contribution in [-0.2, 0) is 14.6 Å². The van der Waals surface area contributed by atoms with Crippen molar-refractivity contribution in [3.8, 4) is 5.69 Å². The van der Waals surface area contributed by atoms with Gasteiger partial charge in [-0.25, -0.2) is 13.1 Å². The number of nitrogens with zero attached hydrogens (tertiary/aromatic N) is 2. The number of halogens is 1. The van der Waals surface area contributed by atoms with Crippen molar-refractivity contribution in [2.45, 2.75) is 33.2 Å². The largest absolute Gasteiger partial charge is 0.320 e. The van der Waals surface area contributed by atoms with Gasteiger partial charge in [-0.2, -0.15) is 0 Å². The molecule has 2 aromatic rings. The molecule has 1 amide bonds. The molecule has 0 saturated heterocycles. The summed E-state index contributed by atoms with van der Waals surface area (Å²) in [4.78, 5) is 12.1. The number of carbonyl (C=O) groups is 1. The van der Waals surface area contributed by atoms with E-state index in [2.05, 4.69) is 16.5 Å². The van der Waals surface area contributed by atoms with Gasteiger partial charge in [0.05, 0.1) is 17.5 Å². The predicted molar refractivity (Wildman–Crippen MR) is 106 cm³/mol. The molecular weight excluding hydrogens is 376 g/mol. The second-order valence-electron chi connectivity index (χ2n) is 6.44. The highest BCUT2D eigenvalue weighted by Crippen LogP contribution is 2.18. The fourth-order valence-corrected chi connectivity index (χ4v) is 3.24. The number of anilines is 1. The molecule has 0 radical (unpaired) electrons. The fourth-order valence-electron chi connectivity index (χ4n) is 2.56. The molecular formula is C17H25ClN4O3S. The lowest BCUT2D eigenvalue weighted by atomic mass is 10.1. The lowest BCUT2D eigenvalue weighted by Crippen LogP contribution is -2.37. The molecule has 2 rings (SSSR count). The molecule has 1 aromatic carbocycles. The first kappa shape index (κ1) is 22.1. The summed E-state index contributed by atoms with van der Waals surface area (Å²) in [5, 5.41) is 7.05. The van der Waals surface area contributed by atoms with Crippen molar-refractivity contribution in [1.29, 1.82) is 0 Å². The van der Waals surface area contributed by atoms with Crippen molar-refractivity contribution < 1.29 is 13.2 Å². The van der Waals surface area contributed by atoms with Crippen LogP contribution in [0.5, 0.6) is 0 Å². The summed E-state index contributed by atoms with van der Waals surface area (Å²) in [5.41, 5.74) is 9.78. The van der Waals surface area contributed by atoms with Gasteiger partial charge in [-0.15, -0.1) is 17.5 Å². The molecule has 7 nitrogen and oxygen atoms in total. The third-order valence-electron chi connectivity index (χ3n) is 3.73. The van der Waals surface area contributed by atoms with Crippen LogP contribution >= 0.6 is 12.4 Å². The van der Waals surface area contributed by atoms with Crippen LogP contribution in [-0.4, -0.2) is 42.2 Å². The standard InChI is InChI=1S/C17H24N4O3S.ClH/c1-11-7-12(2)9-14(8-11)21-13(3)10-16(20-21)19-17(22)15(18)5-6-25(4,23)24;/h7-10,15H,5-6,18H2,1-4H3,(H,19,20,22);1H. The fraction of sp³-hybridized carbons (Fsp3) is 0.412. The summed E-state index contributed by atoms with van der Waals surface area (Å²) >= 11 is 0. The molecule has 0 aliphatic carbocycles. The number of hydrogen-bond donors (Lipinski definition) is 2. The quantitative estimate of drug-likeness (QED) is 0.770. The van der Waals surface area contributed by atoms with Gasteiger partial charge in [0.1, 0.15) is 9.84 Å². The van der Waals surface area contributed by atoms with E-state index in [1.165, 1.54) is 0 Å². The SMILES string of the molecule is Cc1cc(C)cc(-n2nc(NC(=O)C(N)CCS(C)(=O)=O)cc2C)c1.Cl. The molecule has 0 fully saturated rings. The van der Waals surface area contributed by atoms with Gasteiger partial charge in [-0.3, -0.25) is 4.79 Å². The van der Waals surface area contributed by atoms with E-state index in [4.69, 9.17) is 5.73 Å². The second-order valence-corrected chi connectivity index (χ2v) is 8.70. The third-order valence-corrected chi connectivity index (χ3v) is 4.70. The summed E-state index contributed by atoms with van der Waals surface area (Å²) in [6, 6.07) is 6.94. The topological polar surface area (TPSA) is 107 Å². The number of nitrogens with one attached hydrogen (secondary N) is 1. The average Bonchev–Trinajstić information content (AvgIpc) is 2.83. The number of amides is 1. The van der Waals surface area contributed by atoms with Crippen LogP contribution in [0.4, 0.5) is 5.82 Å². The monoisotopic (exact) mass is 400 g/mol. The van der Waals surface area contributed by atoms with Crippen molar-refractivity contribution in [3.05, 3.63) is 41.1 Å². The lowest BCUT2D eigenvalue weighted by molar-refractivity contribution is -0.117. The first-order chi connectivity index (χ1) is 11.5. The minimum Gasteiger partial charge on any atom is -0.320 e. The zero-order chi connectivity index (χ0) is 18.8. The summed E-state index contributed by atoms with van der Waals surface area (Å²) in [6.07, 6.45) is 1.19.